The minimum atomic E-state index is 0. The SMILES string of the molecule is CN(CCN)C1CCCC1.Cl.Cl. The third-order valence-corrected chi connectivity index (χ3v) is 2.43. The predicted molar refractivity (Wildman–Crippen MR) is 58.4 cm³/mol. The second-order valence-corrected chi connectivity index (χ2v) is 3.21. The van der Waals surface area contributed by atoms with Gasteiger partial charge in [0.05, 0.1) is 0 Å². The van der Waals surface area contributed by atoms with E-state index in [1.165, 1.54) is 25.7 Å². The lowest BCUT2D eigenvalue weighted by molar-refractivity contribution is 0.252. The Bertz CT molecular complexity index is 95.1. The van der Waals surface area contributed by atoms with Gasteiger partial charge < -0.3 is 10.6 Å². The molecule has 1 aliphatic carbocycles. The molecule has 0 heterocycles. The molecule has 2 nitrogen and oxygen atoms in total. The van der Waals surface area contributed by atoms with Crippen molar-refractivity contribution in [1.29, 1.82) is 0 Å². The summed E-state index contributed by atoms with van der Waals surface area (Å²) < 4.78 is 0. The van der Waals surface area contributed by atoms with Crippen LogP contribution in [0.15, 0.2) is 0 Å². The second-order valence-electron chi connectivity index (χ2n) is 3.21. The lowest BCUT2D eigenvalue weighted by Gasteiger charge is -2.22. The summed E-state index contributed by atoms with van der Waals surface area (Å²) in [6.45, 7) is 1.86. The maximum atomic E-state index is 5.46. The Balaban J connectivity index is 0. The monoisotopic (exact) mass is 214 g/mol. The average molecular weight is 215 g/mol. The summed E-state index contributed by atoms with van der Waals surface area (Å²) >= 11 is 0. The number of hydrogen-bond acceptors (Lipinski definition) is 2. The Hall–Kier alpha value is 0.500. The lowest BCUT2D eigenvalue weighted by Crippen LogP contribution is -2.33. The summed E-state index contributed by atoms with van der Waals surface area (Å²) in [6, 6.07) is 0.837. The fraction of sp³-hybridized carbons (Fsp3) is 1.00. The zero-order valence-corrected chi connectivity index (χ0v) is 9.29. The molecule has 0 aromatic rings. The molecule has 0 aromatic heterocycles. The van der Waals surface area contributed by atoms with Crippen molar-refractivity contribution >= 4 is 24.8 Å². The molecule has 1 fully saturated rings. The highest BCUT2D eigenvalue weighted by Gasteiger charge is 2.18. The van der Waals surface area contributed by atoms with Crippen LogP contribution in [0.2, 0.25) is 0 Å². The molecule has 0 unspecified atom stereocenters. The van der Waals surface area contributed by atoms with Gasteiger partial charge in [-0.2, -0.15) is 0 Å². The van der Waals surface area contributed by atoms with Crippen molar-refractivity contribution in [3.63, 3.8) is 0 Å². The Kier molecular flexibility index (Phi) is 10.1. The largest absolute Gasteiger partial charge is 0.329 e. The van der Waals surface area contributed by atoms with E-state index in [0.29, 0.717) is 0 Å². The molecule has 1 rings (SSSR count). The Morgan fingerprint density at radius 1 is 1.25 bits per heavy atom. The molecule has 76 valence electrons. The third-order valence-electron chi connectivity index (χ3n) is 2.43. The molecule has 0 atom stereocenters. The summed E-state index contributed by atoms with van der Waals surface area (Å²) in [7, 11) is 2.18. The normalized spacial score (nSPS) is 17.2. The number of likely N-dealkylation sites (N-methyl/N-ethyl adjacent to an activating group) is 1. The third kappa shape index (κ3) is 4.51. The van der Waals surface area contributed by atoms with E-state index in [0.717, 1.165) is 19.1 Å². The highest BCUT2D eigenvalue weighted by molar-refractivity contribution is 5.85. The van der Waals surface area contributed by atoms with Crippen LogP contribution >= 0.6 is 24.8 Å². The molecule has 0 aliphatic heterocycles. The van der Waals surface area contributed by atoms with Crippen molar-refractivity contribution in [2.45, 2.75) is 31.7 Å². The van der Waals surface area contributed by atoms with Crippen molar-refractivity contribution in [3.05, 3.63) is 0 Å². The van der Waals surface area contributed by atoms with E-state index < -0.39 is 0 Å². The van der Waals surface area contributed by atoms with Crippen LogP contribution in [0.25, 0.3) is 0 Å². The van der Waals surface area contributed by atoms with Crippen LogP contribution in [0, 0.1) is 0 Å². The Morgan fingerprint density at radius 2 is 1.75 bits per heavy atom. The Morgan fingerprint density at radius 3 is 2.17 bits per heavy atom. The number of nitrogens with two attached hydrogens (primary N) is 1. The predicted octanol–water partition coefficient (Wildman–Crippen LogP) is 1.66. The minimum absolute atomic E-state index is 0. The van der Waals surface area contributed by atoms with Crippen LogP contribution in [0.4, 0.5) is 0 Å². The van der Waals surface area contributed by atoms with E-state index in [-0.39, 0.29) is 24.8 Å². The van der Waals surface area contributed by atoms with Crippen LogP contribution in [-0.2, 0) is 0 Å². The van der Waals surface area contributed by atoms with Crippen molar-refractivity contribution in [1.82, 2.24) is 4.90 Å². The van der Waals surface area contributed by atoms with Crippen LogP contribution in [0.1, 0.15) is 25.7 Å². The van der Waals surface area contributed by atoms with E-state index >= 15 is 0 Å². The van der Waals surface area contributed by atoms with E-state index in [4.69, 9.17) is 5.73 Å². The topological polar surface area (TPSA) is 29.3 Å². The van der Waals surface area contributed by atoms with Gasteiger partial charge >= 0.3 is 0 Å². The maximum absolute atomic E-state index is 5.46. The zero-order chi connectivity index (χ0) is 7.40. The van der Waals surface area contributed by atoms with Gasteiger partial charge in [0.1, 0.15) is 0 Å². The quantitative estimate of drug-likeness (QED) is 0.775. The summed E-state index contributed by atoms with van der Waals surface area (Å²) in [5.74, 6) is 0. The van der Waals surface area contributed by atoms with Crippen molar-refractivity contribution in [2.75, 3.05) is 20.1 Å². The minimum Gasteiger partial charge on any atom is -0.329 e. The molecule has 1 saturated carbocycles. The first-order valence-electron chi connectivity index (χ1n) is 4.25. The summed E-state index contributed by atoms with van der Waals surface area (Å²) in [5, 5.41) is 0. The molecule has 12 heavy (non-hydrogen) atoms. The fourth-order valence-electron chi connectivity index (χ4n) is 1.73. The molecule has 0 bridgehead atoms. The van der Waals surface area contributed by atoms with Gasteiger partial charge in [0.2, 0.25) is 0 Å². The highest BCUT2D eigenvalue weighted by atomic mass is 35.5. The van der Waals surface area contributed by atoms with Crippen molar-refractivity contribution in [2.24, 2.45) is 5.73 Å². The molecule has 0 saturated heterocycles. The highest BCUT2D eigenvalue weighted by Crippen LogP contribution is 2.21. The van der Waals surface area contributed by atoms with Gasteiger partial charge in [0, 0.05) is 19.1 Å². The molecule has 0 amide bonds. The number of hydrogen-bond donors (Lipinski definition) is 1. The number of rotatable bonds is 3. The summed E-state index contributed by atoms with van der Waals surface area (Å²) in [5.41, 5.74) is 5.46. The smallest absolute Gasteiger partial charge is 0.0104 e. The van der Waals surface area contributed by atoms with Gasteiger partial charge in [-0.05, 0) is 19.9 Å². The zero-order valence-electron chi connectivity index (χ0n) is 7.66. The van der Waals surface area contributed by atoms with Crippen molar-refractivity contribution in [3.8, 4) is 0 Å². The van der Waals surface area contributed by atoms with E-state index in [1.54, 1.807) is 0 Å². The molecule has 4 heteroatoms. The van der Waals surface area contributed by atoms with Crippen LogP contribution in [-0.4, -0.2) is 31.1 Å². The molecular formula is C8H20Cl2N2. The first kappa shape index (κ1) is 15.0. The van der Waals surface area contributed by atoms with Gasteiger partial charge in [-0.1, -0.05) is 12.8 Å². The second kappa shape index (κ2) is 8.11. The molecular weight excluding hydrogens is 195 g/mol. The van der Waals surface area contributed by atoms with Crippen LogP contribution < -0.4 is 5.73 Å². The molecule has 0 aromatic carbocycles. The Labute approximate surface area is 87.7 Å². The van der Waals surface area contributed by atoms with E-state index in [9.17, 15) is 0 Å². The van der Waals surface area contributed by atoms with Crippen LogP contribution in [0.5, 0.6) is 0 Å². The van der Waals surface area contributed by atoms with Crippen LogP contribution in [0.3, 0.4) is 0 Å². The standard InChI is InChI=1S/C8H18N2.2ClH/c1-10(7-6-9)8-4-2-3-5-8;;/h8H,2-7,9H2,1H3;2*1H. The first-order chi connectivity index (χ1) is 4.84. The number of nitrogens with zero attached hydrogens (tertiary/aromatic N) is 1. The molecule has 2 N–H and O–H groups in total. The molecule has 1 aliphatic rings. The molecule has 0 spiro atoms. The van der Waals surface area contributed by atoms with Gasteiger partial charge in [-0.25, -0.2) is 0 Å². The van der Waals surface area contributed by atoms with E-state index in [1.807, 2.05) is 0 Å². The first-order valence-corrected chi connectivity index (χ1v) is 4.25. The van der Waals surface area contributed by atoms with Gasteiger partial charge in [-0.15, -0.1) is 24.8 Å². The van der Waals surface area contributed by atoms with Gasteiger partial charge in [0.25, 0.3) is 0 Å². The summed E-state index contributed by atoms with van der Waals surface area (Å²) in [6.07, 6.45) is 5.60. The lowest BCUT2D eigenvalue weighted by atomic mass is 10.2. The van der Waals surface area contributed by atoms with Gasteiger partial charge in [-0.3, -0.25) is 0 Å². The maximum Gasteiger partial charge on any atom is 0.0104 e. The average Bonchev–Trinajstić information content (AvgIpc) is 2.38. The van der Waals surface area contributed by atoms with Gasteiger partial charge in [0.15, 0.2) is 0 Å². The molecule has 0 radical (unpaired) electrons. The number of halogens is 2. The van der Waals surface area contributed by atoms with E-state index in [2.05, 4.69) is 11.9 Å². The van der Waals surface area contributed by atoms with Crippen molar-refractivity contribution < 1.29 is 0 Å². The summed E-state index contributed by atoms with van der Waals surface area (Å²) in [4.78, 5) is 2.40. The fourth-order valence-corrected chi connectivity index (χ4v) is 1.73.